The molecule has 0 saturated carbocycles. The number of hydrogen-bond acceptors (Lipinski definition) is 3. The second kappa shape index (κ2) is 4.80. The minimum absolute atomic E-state index is 0.750. The van der Waals surface area contributed by atoms with E-state index in [0.717, 1.165) is 48.3 Å². The van der Waals surface area contributed by atoms with E-state index in [0.29, 0.717) is 0 Å². The van der Waals surface area contributed by atoms with Crippen molar-refractivity contribution >= 4 is 38.3 Å². The first-order chi connectivity index (χ1) is 8.33. The van der Waals surface area contributed by atoms with Gasteiger partial charge < -0.3 is 4.90 Å². The van der Waals surface area contributed by atoms with Gasteiger partial charge >= 0.3 is 0 Å². The highest BCUT2D eigenvalue weighted by molar-refractivity contribution is 7.22. The van der Waals surface area contributed by atoms with E-state index in [9.17, 15) is 0 Å². The number of anilines is 1. The summed E-state index contributed by atoms with van der Waals surface area (Å²) in [7, 11) is 0. The van der Waals surface area contributed by atoms with Gasteiger partial charge in [-0.15, -0.1) is 0 Å². The zero-order chi connectivity index (χ0) is 11.7. The van der Waals surface area contributed by atoms with Gasteiger partial charge in [0.15, 0.2) is 5.13 Å². The molecule has 1 aliphatic rings. The Morgan fingerprint density at radius 3 is 3.12 bits per heavy atom. The molecule has 1 saturated heterocycles. The van der Waals surface area contributed by atoms with Gasteiger partial charge in [-0.25, -0.2) is 10.3 Å². The van der Waals surface area contributed by atoms with E-state index < -0.39 is 0 Å². The third-order valence-electron chi connectivity index (χ3n) is 2.88. The molecule has 0 atom stereocenters. The van der Waals surface area contributed by atoms with Crippen molar-refractivity contribution in [2.45, 2.75) is 6.42 Å². The summed E-state index contributed by atoms with van der Waals surface area (Å²) in [4.78, 5) is 6.99. The first-order valence-electron chi connectivity index (χ1n) is 5.77. The molecule has 2 heterocycles. The van der Waals surface area contributed by atoms with Crippen molar-refractivity contribution < 1.29 is 0 Å². The van der Waals surface area contributed by atoms with Crippen LogP contribution in [0.15, 0.2) is 18.2 Å². The van der Waals surface area contributed by atoms with E-state index in [-0.39, 0.29) is 0 Å². The number of aromatic nitrogens is 1. The van der Waals surface area contributed by atoms with Crippen LogP contribution in [0.3, 0.4) is 0 Å². The second-order valence-corrected chi connectivity index (χ2v) is 5.57. The second-order valence-electron chi connectivity index (χ2n) is 4.12. The largest absolute Gasteiger partial charge is 0.347 e. The normalized spacial score (nSPS) is 17.4. The molecule has 1 aromatic heterocycles. The Bertz CT molecular complexity index is 517. The van der Waals surface area contributed by atoms with E-state index in [2.05, 4.69) is 15.2 Å². The van der Waals surface area contributed by atoms with Crippen LogP contribution in [-0.2, 0) is 0 Å². The molecule has 1 radical (unpaired) electrons. The van der Waals surface area contributed by atoms with Crippen molar-refractivity contribution in [3.8, 4) is 0 Å². The summed E-state index contributed by atoms with van der Waals surface area (Å²) in [5.41, 5.74) is 0.999. The SMILES string of the molecule is Clc1ccc2sc(N3CCC[N]CC3)nc2c1. The number of halogens is 1. The summed E-state index contributed by atoms with van der Waals surface area (Å²) in [6, 6.07) is 5.89. The number of hydrogen-bond donors (Lipinski definition) is 0. The van der Waals surface area contributed by atoms with Gasteiger partial charge in [0.2, 0.25) is 0 Å². The van der Waals surface area contributed by atoms with Crippen LogP contribution in [0, 0.1) is 0 Å². The van der Waals surface area contributed by atoms with Gasteiger partial charge in [0, 0.05) is 31.2 Å². The maximum Gasteiger partial charge on any atom is 0.186 e. The molecule has 3 nitrogen and oxygen atoms in total. The Labute approximate surface area is 109 Å². The van der Waals surface area contributed by atoms with Gasteiger partial charge in [-0.05, 0) is 24.6 Å². The molecule has 3 rings (SSSR count). The predicted molar refractivity (Wildman–Crippen MR) is 73.3 cm³/mol. The zero-order valence-corrected chi connectivity index (χ0v) is 11.0. The lowest BCUT2D eigenvalue weighted by atomic mass is 10.3. The summed E-state index contributed by atoms with van der Waals surface area (Å²) in [5, 5.41) is 6.28. The standard InChI is InChI=1S/C12H13ClN3S/c13-9-2-3-11-10(8-9)15-12(17-11)16-6-1-4-14-5-7-16/h2-3,8H,1,4-7H2. The van der Waals surface area contributed by atoms with Crippen molar-refractivity contribution in [2.24, 2.45) is 0 Å². The summed E-state index contributed by atoms with van der Waals surface area (Å²) >= 11 is 7.71. The molecule has 0 unspecified atom stereocenters. The van der Waals surface area contributed by atoms with Gasteiger partial charge in [-0.3, -0.25) is 0 Å². The lowest BCUT2D eigenvalue weighted by Gasteiger charge is -2.17. The fourth-order valence-electron chi connectivity index (χ4n) is 2.00. The molecule has 2 aromatic rings. The molecule has 0 spiro atoms. The van der Waals surface area contributed by atoms with Crippen molar-refractivity contribution in [2.75, 3.05) is 31.1 Å². The Balaban J connectivity index is 1.93. The van der Waals surface area contributed by atoms with Gasteiger partial charge in [-0.1, -0.05) is 22.9 Å². The van der Waals surface area contributed by atoms with Gasteiger partial charge in [0.25, 0.3) is 0 Å². The number of benzene rings is 1. The summed E-state index contributed by atoms with van der Waals surface area (Å²) in [6.45, 7) is 3.93. The van der Waals surface area contributed by atoms with Crippen LogP contribution < -0.4 is 10.2 Å². The summed E-state index contributed by atoms with van der Waals surface area (Å²) in [6.07, 6.45) is 1.12. The van der Waals surface area contributed by atoms with Crippen LogP contribution in [0.5, 0.6) is 0 Å². The minimum atomic E-state index is 0.750. The molecule has 17 heavy (non-hydrogen) atoms. The van der Waals surface area contributed by atoms with Crippen LogP contribution in [0.1, 0.15) is 6.42 Å². The number of fused-ring (bicyclic) bond motifs is 1. The Hall–Kier alpha value is -0.840. The molecular weight excluding hydrogens is 254 g/mol. The fraction of sp³-hybridized carbons (Fsp3) is 0.417. The highest BCUT2D eigenvalue weighted by Crippen LogP contribution is 2.30. The van der Waals surface area contributed by atoms with Crippen LogP contribution in [-0.4, -0.2) is 31.2 Å². The smallest absolute Gasteiger partial charge is 0.186 e. The minimum Gasteiger partial charge on any atom is -0.347 e. The number of thiazole rings is 1. The summed E-state index contributed by atoms with van der Waals surface area (Å²) < 4.78 is 1.20. The monoisotopic (exact) mass is 266 g/mol. The maximum atomic E-state index is 5.98. The van der Waals surface area contributed by atoms with Crippen molar-refractivity contribution in [3.63, 3.8) is 0 Å². The number of nitrogens with zero attached hydrogens (tertiary/aromatic N) is 3. The lowest BCUT2D eigenvalue weighted by Crippen LogP contribution is -2.26. The molecule has 1 fully saturated rings. The highest BCUT2D eigenvalue weighted by Gasteiger charge is 2.14. The van der Waals surface area contributed by atoms with E-state index in [1.54, 1.807) is 11.3 Å². The Morgan fingerprint density at radius 2 is 2.18 bits per heavy atom. The van der Waals surface area contributed by atoms with E-state index in [1.807, 2.05) is 18.2 Å². The van der Waals surface area contributed by atoms with Gasteiger partial charge in [0.1, 0.15) is 0 Å². The number of rotatable bonds is 1. The average Bonchev–Trinajstić information content (AvgIpc) is 2.57. The molecule has 0 bridgehead atoms. The van der Waals surface area contributed by atoms with E-state index >= 15 is 0 Å². The zero-order valence-electron chi connectivity index (χ0n) is 9.40. The topological polar surface area (TPSA) is 30.2 Å². The third-order valence-corrected chi connectivity index (χ3v) is 4.21. The third kappa shape index (κ3) is 2.39. The van der Waals surface area contributed by atoms with Crippen LogP contribution in [0.2, 0.25) is 5.02 Å². The quantitative estimate of drug-likeness (QED) is 0.795. The maximum absolute atomic E-state index is 5.98. The molecule has 1 aromatic carbocycles. The molecular formula is C12H13ClN3S. The lowest BCUT2D eigenvalue weighted by molar-refractivity contribution is 0.709. The van der Waals surface area contributed by atoms with Crippen molar-refractivity contribution in [3.05, 3.63) is 23.2 Å². The van der Waals surface area contributed by atoms with Crippen LogP contribution in [0.25, 0.3) is 10.2 Å². The van der Waals surface area contributed by atoms with Gasteiger partial charge in [0.05, 0.1) is 10.2 Å². The Kier molecular flexibility index (Phi) is 3.18. The molecule has 0 N–H and O–H groups in total. The predicted octanol–water partition coefficient (Wildman–Crippen LogP) is 2.76. The molecule has 1 aliphatic heterocycles. The van der Waals surface area contributed by atoms with Crippen LogP contribution in [0.4, 0.5) is 5.13 Å². The van der Waals surface area contributed by atoms with Crippen molar-refractivity contribution in [1.82, 2.24) is 10.3 Å². The average molecular weight is 267 g/mol. The highest BCUT2D eigenvalue weighted by atomic mass is 35.5. The molecule has 89 valence electrons. The Morgan fingerprint density at radius 1 is 1.24 bits per heavy atom. The molecule has 0 amide bonds. The first kappa shape index (κ1) is 11.3. The first-order valence-corrected chi connectivity index (χ1v) is 6.97. The van der Waals surface area contributed by atoms with Crippen molar-refractivity contribution in [1.29, 1.82) is 0 Å². The van der Waals surface area contributed by atoms with Gasteiger partial charge in [-0.2, -0.15) is 0 Å². The fourth-order valence-corrected chi connectivity index (χ4v) is 3.17. The van der Waals surface area contributed by atoms with E-state index in [1.165, 1.54) is 4.70 Å². The molecule has 0 aliphatic carbocycles. The van der Waals surface area contributed by atoms with Crippen LogP contribution >= 0.6 is 22.9 Å². The molecule has 5 heteroatoms. The summed E-state index contributed by atoms with van der Waals surface area (Å²) in [5.74, 6) is 0. The van der Waals surface area contributed by atoms with E-state index in [4.69, 9.17) is 11.6 Å².